The predicted molar refractivity (Wildman–Crippen MR) is 70.9 cm³/mol. The number of urea groups is 1. The molecule has 0 saturated carbocycles. The molecule has 2 aliphatic rings. The van der Waals surface area contributed by atoms with Gasteiger partial charge in [-0.15, -0.1) is 11.3 Å². The Labute approximate surface area is 115 Å². The number of carbonyl (C=O) groups excluding carboxylic acids is 1. The first kappa shape index (κ1) is 12.5. The number of fused-ring (bicyclic) bond motifs is 2. The van der Waals surface area contributed by atoms with E-state index < -0.39 is 5.97 Å². The van der Waals surface area contributed by atoms with E-state index in [0.29, 0.717) is 13.0 Å². The Balaban J connectivity index is 1.63. The van der Waals surface area contributed by atoms with Crippen molar-refractivity contribution in [1.82, 2.24) is 10.2 Å². The zero-order chi connectivity index (χ0) is 13.4. The van der Waals surface area contributed by atoms with E-state index >= 15 is 0 Å². The molecule has 3 heterocycles. The molecule has 3 unspecified atom stereocenters. The number of amides is 2. The second-order valence-corrected chi connectivity index (χ2v) is 6.16. The Morgan fingerprint density at radius 2 is 2.32 bits per heavy atom. The van der Waals surface area contributed by atoms with Crippen LogP contribution in [0, 0.1) is 5.92 Å². The molecule has 0 aromatic carbocycles. The van der Waals surface area contributed by atoms with Crippen LogP contribution in [-0.2, 0) is 11.3 Å². The summed E-state index contributed by atoms with van der Waals surface area (Å²) in [6.07, 6.45) is 2.35. The van der Waals surface area contributed by atoms with Crippen molar-refractivity contribution in [2.75, 3.05) is 0 Å². The molecule has 5 nitrogen and oxygen atoms in total. The smallest absolute Gasteiger partial charge is 0.318 e. The summed E-state index contributed by atoms with van der Waals surface area (Å²) >= 11 is 1.60. The highest BCUT2D eigenvalue weighted by Gasteiger charge is 2.51. The third-order valence-corrected chi connectivity index (χ3v) is 4.96. The highest BCUT2D eigenvalue weighted by molar-refractivity contribution is 7.09. The predicted octanol–water partition coefficient (Wildman–Crippen LogP) is 1.90. The number of nitrogens with zero attached hydrogens (tertiary/aromatic N) is 1. The molecule has 0 aliphatic carbocycles. The van der Waals surface area contributed by atoms with Gasteiger partial charge in [-0.1, -0.05) is 6.07 Å². The average molecular weight is 280 g/mol. The van der Waals surface area contributed by atoms with E-state index in [1.165, 1.54) is 0 Å². The topological polar surface area (TPSA) is 69.6 Å². The van der Waals surface area contributed by atoms with Crippen LogP contribution in [0.4, 0.5) is 4.79 Å². The van der Waals surface area contributed by atoms with Crippen molar-refractivity contribution in [2.24, 2.45) is 5.92 Å². The standard InChI is InChI=1S/C13H16N2O3S/c16-12(17)10-6-8-3-4-11(10)15(8)13(18)14-7-9-2-1-5-19-9/h1-2,5,8,10-11H,3-4,6-7H2,(H,14,18)(H,16,17). The van der Waals surface area contributed by atoms with Crippen LogP contribution in [0.2, 0.25) is 0 Å². The van der Waals surface area contributed by atoms with Crippen molar-refractivity contribution < 1.29 is 14.7 Å². The molecule has 2 N–H and O–H groups in total. The summed E-state index contributed by atoms with van der Waals surface area (Å²) in [6, 6.07) is 3.79. The highest BCUT2D eigenvalue weighted by atomic mass is 32.1. The van der Waals surface area contributed by atoms with Crippen LogP contribution < -0.4 is 5.32 Å². The second-order valence-electron chi connectivity index (χ2n) is 5.12. The molecule has 2 aliphatic heterocycles. The third-order valence-electron chi connectivity index (χ3n) is 4.08. The largest absolute Gasteiger partial charge is 0.481 e. The molecule has 3 atom stereocenters. The normalized spacial score (nSPS) is 28.6. The monoisotopic (exact) mass is 280 g/mol. The van der Waals surface area contributed by atoms with Crippen molar-refractivity contribution in [2.45, 2.75) is 37.9 Å². The lowest BCUT2D eigenvalue weighted by atomic mass is 9.89. The van der Waals surface area contributed by atoms with E-state index in [-0.39, 0.29) is 24.0 Å². The van der Waals surface area contributed by atoms with Gasteiger partial charge < -0.3 is 15.3 Å². The zero-order valence-electron chi connectivity index (χ0n) is 10.4. The van der Waals surface area contributed by atoms with Crippen molar-refractivity contribution >= 4 is 23.3 Å². The molecular formula is C13H16N2O3S. The van der Waals surface area contributed by atoms with E-state index in [9.17, 15) is 9.59 Å². The summed E-state index contributed by atoms with van der Waals surface area (Å²) in [5.74, 6) is -1.16. The van der Waals surface area contributed by atoms with Gasteiger partial charge in [0.15, 0.2) is 0 Å². The minimum atomic E-state index is -0.775. The molecule has 1 aromatic rings. The van der Waals surface area contributed by atoms with E-state index in [0.717, 1.165) is 17.7 Å². The Morgan fingerprint density at radius 1 is 1.47 bits per heavy atom. The van der Waals surface area contributed by atoms with E-state index in [2.05, 4.69) is 5.32 Å². The summed E-state index contributed by atoms with van der Waals surface area (Å²) in [4.78, 5) is 26.2. The minimum Gasteiger partial charge on any atom is -0.481 e. The average Bonchev–Trinajstić information content (AvgIpc) is 3.11. The molecule has 0 spiro atoms. The van der Waals surface area contributed by atoms with Crippen LogP contribution in [0.1, 0.15) is 24.1 Å². The first-order valence-corrected chi connectivity index (χ1v) is 7.36. The van der Waals surface area contributed by atoms with Crippen LogP contribution in [-0.4, -0.2) is 34.1 Å². The number of hydrogen-bond acceptors (Lipinski definition) is 3. The maximum absolute atomic E-state index is 12.2. The van der Waals surface area contributed by atoms with E-state index in [4.69, 9.17) is 5.11 Å². The highest BCUT2D eigenvalue weighted by Crippen LogP contribution is 2.41. The fraction of sp³-hybridized carbons (Fsp3) is 0.538. The molecule has 0 radical (unpaired) electrons. The van der Waals surface area contributed by atoms with Gasteiger partial charge in [0.25, 0.3) is 0 Å². The molecule has 6 heteroatoms. The minimum absolute atomic E-state index is 0.106. The van der Waals surface area contributed by atoms with Gasteiger partial charge in [0.05, 0.1) is 12.5 Å². The zero-order valence-corrected chi connectivity index (χ0v) is 11.2. The van der Waals surface area contributed by atoms with Crippen molar-refractivity contribution in [3.8, 4) is 0 Å². The number of rotatable bonds is 3. The number of carboxylic acids is 1. The summed E-state index contributed by atoms with van der Waals surface area (Å²) in [7, 11) is 0. The molecule has 1 aromatic heterocycles. The van der Waals surface area contributed by atoms with Gasteiger partial charge >= 0.3 is 12.0 Å². The summed E-state index contributed by atoms with van der Waals surface area (Å²) in [6.45, 7) is 0.518. The van der Waals surface area contributed by atoms with Crippen molar-refractivity contribution in [3.05, 3.63) is 22.4 Å². The van der Waals surface area contributed by atoms with E-state index in [1.807, 2.05) is 17.5 Å². The van der Waals surface area contributed by atoms with Crippen LogP contribution in [0.25, 0.3) is 0 Å². The molecule has 102 valence electrons. The Bertz CT molecular complexity index is 488. The Hall–Kier alpha value is -1.56. The number of carbonyl (C=O) groups is 2. The molecule has 3 rings (SSSR count). The number of carboxylic acid groups (broad SMARTS) is 1. The molecule has 19 heavy (non-hydrogen) atoms. The van der Waals surface area contributed by atoms with Crippen LogP contribution in [0.3, 0.4) is 0 Å². The second kappa shape index (κ2) is 4.85. The Morgan fingerprint density at radius 3 is 2.95 bits per heavy atom. The molecular weight excluding hydrogens is 264 g/mol. The summed E-state index contributed by atoms with van der Waals surface area (Å²) < 4.78 is 0. The fourth-order valence-electron chi connectivity index (χ4n) is 3.24. The maximum Gasteiger partial charge on any atom is 0.318 e. The van der Waals surface area contributed by atoms with Gasteiger partial charge in [-0.25, -0.2) is 4.79 Å². The first-order valence-electron chi connectivity index (χ1n) is 6.48. The number of hydrogen-bond donors (Lipinski definition) is 2. The third kappa shape index (κ3) is 2.20. The lowest BCUT2D eigenvalue weighted by Gasteiger charge is -2.23. The first-order chi connectivity index (χ1) is 9.16. The van der Waals surface area contributed by atoms with Crippen LogP contribution in [0.5, 0.6) is 0 Å². The fourth-order valence-corrected chi connectivity index (χ4v) is 3.88. The summed E-state index contributed by atoms with van der Waals surface area (Å²) in [5.41, 5.74) is 0. The molecule has 2 amide bonds. The van der Waals surface area contributed by atoms with Gasteiger partial charge in [-0.05, 0) is 30.7 Å². The lowest BCUT2D eigenvalue weighted by molar-refractivity contribution is -0.142. The van der Waals surface area contributed by atoms with Crippen molar-refractivity contribution in [3.63, 3.8) is 0 Å². The molecule has 2 bridgehead atoms. The van der Waals surface area contributed by atoms with Gasteiger partial charge in [0, 0.05) is 17.0 Å². The van der Waals surface area contributed by atoms with E-state index in [1.54, 1.807) is 16.2 Å². The van der Waals surface area contributed by atoms with Gasteiger partial charge in [-0.2, -0.15) is 0 Å². The van der Waals surface area contributed by atoms with Crippen LogP contribution in [0.15, 0.2) is 17.5 Å². The van der Waals surface area contributed by atoms with Crippen molar-refractivity contribution in [1.29, 1.82) is 0 Å². The quantitative estimate of drug-likeness (QED) is 0.888. The van der Waals surface area contributed by atoms with Crippen LogP contribution >= 0.6 is 11.3 Å². The Kier molecular flexibility index (Phi) is 3.18. The van der Waals surface area contributed by atoms with Gasteiger partial charge in [0.2, 0.25) is 0 Å². The summed E-state index contributed by atoms with van der Waals surface area (Å²) in [5, 5.41) is 14.0. The SMILES string of the molecule is O=C(O)C1CC2CCC1N2C(=O)NCc1cccs1. The maximum atomic E-state index is 12.2. The number of aliphatic carboxylic acids is 1. The lowest BCUT2D eigenvalue weighted by Crippen LogP contribution is -2.43. The number of nitrogens with one attached hydrogen (secondary N) is 1. The van der Waals surface area contributed by atoms with Gasteiger partial charge in [-0.3, -0.25) is 4.79 Å². The van der Waals surface area contributed by atoms with Gasteiger partial charge in [0.1, 0.15) is 0 Å². The number of thiophene rings is 1. The molecule has 2 saturated heterocycles. The molecule has 2 fully saturated rings.